The van der Waals surface area contributed by atoms with Crippen LogP contribution in [0.5, 0.6) is 11.5 Å². The molecule has 3 aromatic heterocycles. The first-order valence-electron chi connectivity index (χ1n) is 10.4. The van der Waals surface area contributed by atoms with Gasteiger partial charge in [-0.05, 0) is 31.2 Å². The number of rotatable bonds is 6. The molecule has 12 heteroatoms. The molecule has 0 atom stereocenters. The topological polar surface area (TPSA) is 103 Å². The predicted molar refractivity (Wildman–Crippen MR) is 123 cm³/mol. The molecule has 0 spiro atoms. The third-order valence-corrected chi connectivity index (χ3v) is 5.10. The van der Waals surface area contributed by atoms with E-state index >= 15 is 0 Å². The summed E-state index contributed by atoms with van der Waals surface area (Å²) in [5, 5.41) is 9.45. The van der Waals surface area contributed by atoms with Crippen LogP contribution < -0.4 is 20.1 Å². The lowest BCUT2D eigenvalue weighted by Crippen LogP contribution is -2.28. The molecule has 0 unspecified atom stereocenters. The second-order valence-corrected chi connectivity index (χ2v) is 7.31. The van der Waals surface area contributed by atoms with Crippen molar-refractivity contribution >= 4 is 22.8 Å². The van der Waals surface area contributed by atoms with Crippen molar-refractivity contribution in [2.24, 2.45) is 0 Å². The highest BCUT2D eigenvalue weighted by Crippen LogP contribution is 2.38. The van der Waals surface area contributed by atoms with Crippen LogP contribution in [0.4, 0.5) is 23.8 Å². The number of pyridine rings is 2. The molecule has 9 nitrogen and oxygen atoms in total. The van der Waals surface area contributed by atoms with Crippen molar-refractivity contribution in [1.82, 2.24) is 25.1 Å². The smallest absolute Gasteiger partial charge is 0.435 e. The van der Waals surface area contributed by atoms with Gasteiger partial charge >= 0.3 is 12.2 Å². The molecular formula is C23H21F3N6O3. The Labute approximate surface area is 197 Å². The fourth-order valence-electron chi connectivity index (χ4n) is 3.53. The normalized spacial score (nSPS) is 11.4. The maximum atomic E-state index is 13.2. The van der Waals surface area contributed by atoms with Gasteiger partial charge in [-0.15, -0.1) is 0 Å². The molecule has 0 aliphatic rings. The Kier molecular flexibility index (Phi) is 6.45. The largest absolute Gasteiger partial charge is 0.493 e. The van der Waals surface area contributed by atoms with Crippen LogP contribution in [0, 0.1) is 0 Å². The number of amides is 2. The number of urea groups is 1. The second-order valence-electron chi connectivity index (χ2n) is 7.31. The predicted octanol–water partition coefficient (Wildman–Crippen LogP) is 4.66. The number of alkyl halides is 3. The van der Waals surface area contributed by atoms with Crippen molar-refractivity contribution in [3.8, 4) is 28.3 Å². The molecule has 0 radical (unpaired) electrons. The highest BCUT2D eigenvalue weighted by atomic mass is 19.4. The first kappa shape index (κ1) is 23.8. The molecule has 4 rings (SSSR count). The number of hydrogen-bond acceptors (Lipinski definition) is 6. The summed E-state index contributed by atoms with van der Waals surface area (Å²) >= 11 is 0. The Morgan fingerprint density at radius 2 is 1.89 bits per heavy atom. The monoisotopic (exact) mass is 486 g/mol. The molecule has 4 aromatic rings. The van der Waals surface area contributed by atoms with E-state index in [2.05, 4.69) is 25.7 Å². The lowest BCUT2D eigenvalue weighted by molar-refractivity contribution is -0.141. The minimum Gasteiger partial charge on any atom is -0.493 e. The minimum atomic E-state index is -4.62. The van der Waals surface area contributed by atoms with Crippen molar-refractivity contribution in [3.63, 3.8) is 0 Å². The van der Waals surface area contributed by atoms with Crippen LogP contribution in [0.1, 0.15) is 12.6 Å². The van der Waals surface area contributed by atoms with Crippen LogP contribution in [-0.4, -0.2) is 46.5 Å². The van der Waals surface area contributed by atoms with E-state index in [1.165, 1.54) is 32.7 Å². The second kappa shape index (κ2) is 9.49. The number of nitrogens with one attached hydrogen (secondary N) is 2. The van der Waals surface area contributed by atoms with Gasteiger partial charge < -0.3 is 14.8 Å². The van der Waals surface area contributed by atoms with Crippen LogP contribution >= 0.6 is 0 Å². The van der Waals surface area contributed by atoms with E-state index in [1.807, 2.05) is 0 Å². The molecule has 1 aromatic carbocycles. The summed E-state index contributed by atoms with van der Waals surface area (Å²) in [5.74, 6) is 1.09. The zero-order valence-corrected chi connectivity index (χ0v) is 19.0. The number of halogens is 3. The summed E-state index contributed by atoms with van der Waals surface area (Å²) in [6.07, 6.45) is -0.425. The molecule has 35 heavy (non-hydrogen) atoms. The third-order valence-electron chi connectivity index (χ3n) is 5.10. The molecule has 182 valence electrons. The van der Waals surface area contributed by atoms with Gasteiger partial charge in [0.15, 0.2) is 17.2 Å². The highest BCUT2D eigenvalue weighted by Gasteiger charge is 2.34. The highest BCUT2D eigenvalue weighted by molar-refractivity contribution is 5.93. The van der Waals surface area contributed by atoms with E-state index in [0.29, 0.717) is 40.1 Å². The number of anilines is 1. The zero-order valence-electron chi connectivity index (χ0n) is 19.0. The van der Waals surface area contributed by atoms with Crippen molar-refractivity contribution in [3.05, 3.63) is 54.6 Å². The molecule has 0 saturated carbocycles. The van der Waals surface area contributed by atoms with Gasteiger partial charge in [0.2, 0.25) is 0 Å². The third kappa shape index (κ3) is 4.81. The van der Waals surface area contributed by atoms with E-state index < -0.39 is 17.9 Å². The van der Waals surface area contributed by atoms with Gasteiger partial charge in [0.1, 0.15) is 5.82 Å². The minimum absolute atomic E-state index is 0.131. The van der Waals surface area contributed by atoms with Crippen molar-refractivity contribution < 1.29 is 27.4 Å². The SMILES string of the molecule is CCNC(=O)Nc1cc(-n2ccc(C(F)(F)F)n2)c(-c2cnc3ccc(OC)c(OC)c3c2)cn1. The molecule has 0 saturated heterocycles. The van der Waals surface area contributed by atoms with E-state index in [9.17, 15) is 18.0 Å². The fourth-order valence-corrected chi connectivity index (χ4v) is 3.53. The summed E-state index contributed by atoms with van der Waals surface area (Å²) in [7, 11) is 3.01. The summed E-state index contributed by atoms with van der Waals surface area (Å²) in [5.41, 5.74) is 0.809. The summed E-state index contributed by atoms with van der Waals surface area (Å²) in [6, 6.07) is 7.07. The van der Waals surface area contributed by atoms with Crippen molar-refractivity contribution in [1.29, 1.82) is 0 Å². The quantitative estimate of drug-likeness (QED) is 0.411. The number of benzene rings is 1. The van der Waals surface area contributed by atoms with Gasteiger partial charge in [-0.25, -0.2) is 14.5 Å². The fraction of sp³-hybridized carbons (Fsp3) is 0.217. The maximum Gasteiger partial charge on any atom is 0.435 e. The maximum absolute atomic E-state index is 13.2. The Balaban J connectivity index is 1.88. The molecule has 2 N–H and O–H groups in total. The number of fused-ring (bicyclic) bond motifs is 1. The molecule has 0 aliphatic carbocycles. The van der Waals surface area contributed by atoms with Gasteiger partial charge in [-0.3, -0.25) is 10.3 Å². The molecule has 0 bridgehead atoms. The average Bonchev–Trinajstić information content (AvgIpc) is 3.34. The summed E-state index contributed by atoms with van der Waals surface area (Å²) in [4.78, 5) is 20.7. The van der Waals surface area contributed by atoms with Crippen LogP contribution in [-0.2, 0) is 6.18 Å². The van der Waals surface area contributed by atoms with Crippen molar-refractivity contribution in [2.45, 2.75) is 13.1 Å². The van der Waals surface area contributed by atoms with Crippen LogP contribution in [0.2, 0.25) is 0 Å². The lowest BCUT2D eigenvalue weighted by Gasteiger charge is -2.14. The summed E-state index contributed by atoms with van der Waals surface area (Å²) < 4.78 is 51.6. The van der Waals surface area contributed by atoms with Gasteiger partial charge in [0.25, 0.3) is 0 Å². The molecular weight excluding hydrogens is 465 g/mol. The Bertz CT molecular complexity index is 1390. The van der Waals surface area contributed by atoms with Gasteiger partial charge in [0, 0.05) is 47.7 Å². The van der Waals surface area contributed by atoms with Crippen LogP contribution in [0.3, 0.4) is 0 Å². The van der Waals surface area contributed by atoms with Gasteiger partial charge in [-0.1, -0.05) is 0 Å². The number of methoxy groups -OCH3 is 2. The average molecular weight is 486 g/mol. The Hall–Kier alpha value is -4.35. The molecule has 2 amide bonds. The van der Waals surface area contributed by atoms with E-state index in [0.717, 1.165) is 10.7 Å². The van der Waals surface area contributed by atoms with E-state index in [1.54, 1.807) is 31.3 Å². The molecule has 0 fully saturated rings. The lowest BCUT2D eigenvalue weighted by atomic mass is 10.0. The van der Waals surface area contributed by atoms with Gasteiger partial charge in [0.05, 0.1) is 25.4 Å². The first-order chi connectivity index (χ1) is 16.7. The Morgan fingerprint density at radius 1 is 1.09 bits per heavy atom. The van der Waals surface area contributed by atoms with Crippen LogP contribution in [0.25, 0.3) is 27.7 Å². The standard InChI is InChI=1S/C23H21F3N6O3/c1-4-27-22(33)30-20-10-17(32-8-7-19(31-32)23(24,25)26)15(12-29-20)13-9-14-16(28-11-13)5-6-18(34-2)21(14)35-3/h5-12H,4H2,1-3H3,(H2,27,29,30,33). The number of hydrogen-bond donors (Lipinski definition) is 2. The molecule has 3 heterocycles. The number of carbonyl (C=O) groups is 1. The van der Waals surface area contributed by atoms with Crippen LogP contribution in [0.15, 0.2) is 48.9 Å². The number of ether oxygens (including phenoxy) is 2. The number of nitrogens with zero attached hydrogens (tertiary/aromatic N) is 4. The van der Waals surface area contributed by atoms with E-state index in [4.69, 9.17) is 9.47 Å². The van der Waals surface area contributed by atoms with Crippen molar-refractivity contribution in [2.75, 3.05) is 26.1 Å². The van der Waals surface area contributed by atoms with Gasteiger partial charge in [-0.2, -0.15) is 18.3 Å². The number of carbonyl (C=O) groups excluding carboxylic acids is 1. The van der Waals surface area contributed by atoms with E-state index in [-0.39, 0.29) is 11.5 Å². The zero-order chi connectivity index (χ0) is 25.2. The first-order valence-corrected chi connectivity index (χ1v) is 10.4. The molecule has 0 aliphatic heterocycles. The Morgan fingerprint density at radius 3 is 2.54 bits per heavy atom. The summed E-state index contributed by atoms with van der Waals surface area (Å²) in [6.45, 7) is 2.14. The number of aromatic nitrogens is 4.